The summed E-state index contributed by atoms with van der Waals surface area (Å²) >= 11 is 0. The normalized spacial score (nSPS) is 15.3. The van der Waals surface area contributed by atoms with E-state index in [1.807, 2.05) is 31.2 Å². The molecule has 160 valence electrons. The molecule has 3 heterocycles. The molecule has 0 saturated heterocycles. The zero-order valence-electron chi connectivity index (χ0n) is 17.6. The topological polar surface area (TPSA) is 119 Å². The van der Waals surface area contributed by atoms with Crippen molar-refractivity contribution in [1.29, 1.82) is 0 Å². The first-order valence-corrected chi connectivity index (χ1v) is 9.98. The van der Waals surface area contributed by atoms with Crippen LogP contribution in [0.3, 0.4) is 0 Å². The number of nitrogens with one attached hydrogen (secondary N) is 3. The standard InChI is InChI=1S/C21H24N8O2/c1-4-23-21(31)27-20-25-16-8-14(13-6-5-7-22-10-13)9-17(18(16)26-20)29-12-15(11-24-29)19(30)28(2)3/h5-11,15H,4,12H2,1-3H3,(H3,23,25,26,27,31). The highest BCUT2D eigenvalue weighted by atomic mass is 16.2. The van der Waals surface area contributed by atoms with Gasteiger partial charge in [-0.15, -0.1) is 0 Å². The van der Waals surface area contributed by atoms with Crippen LogP contribution < -0.4 is 15.6 Å². The summed E-state index contributed by atoms with van der Waals surface area (Å²) in [4.78, 5) is 37.8. The average Bonchev–Trinajstić information content (AvgIpc) is 3.40. The minimum Gasteiger partial charge on any atom is -0.348 e. The Morgan fingerprint density at radius 3 is 2.84 bits per heavy atom. The first-order valence-electron chi connectivity index (χ1n) is 9.98. The summed E-state index contributed by atoms with van der Waals surface area (Å²) in [5, 5.41) is 11.6. The molecule has 10 nitrogen and oxygen atoms in total. The average molecular weight is 420 g/mol. The zero-order valence-corrected chi connectivity index (χ0v) is 17.6. The number of hydrazone groups is 1. The number of aromatic amines is 1. The van der Waals surface area contributed by atoms with E-state index in [-0.39, 0.29) is 17.9 Å². The number of hydrogen-bond donors (Lipinski definition) is 3. The molecule has 3 aromatic rings. The van der Waals surface area contributed by atoms with E-state index in [4.69, 9.17) is 0 Å². The van der Waals surface area contributed by atoms with Gasteiger partial charge in [0.05, 0.1) is 29.2 Å². The molecule has 1 atom stereocenters. The van der Waals surface area contributed by atoms with Gasteiger partial charge in [-0.25, -0.2) is 9.78 Å². The Morgan fingerprint density at radius 1 is 1.29 bits per heavy atom. The molecule has 1 aliphatic heterocycles. The van der Waals surface area contributed by atoms with Gasteiger partial charge in [0.15, 0.2) is 0 Å². The minimum absolute atomic E-state index is 0.00545. The number of carbonyl (C=O) groups is 2. The van der Waals surface area contributed by atoms with Crippen LogP contribution in [-0.4, -0.2) is 65.2 Å². The molecule has 1 aliphatic rings. The fourth-order valence-electron chi connectivity index (χ4n) is 3.45. The quantitative estimate of drug-likeness (QED) is 0.585. The van der Waals surface area contributed by atoms with E-state index in [9.17, 15) is 9.59 Å². The number of amides is 3. The number of nitrogens with zero attached hydrogens (tertiary/aromatic N) is 5. The van der Waals surface area contributed by atoms with Crippen LogP contribution in [0, 0.1) is 5.92 Å². The lowest BCUT2D eigenvalue weighted by atomic mass is 10.1. The van der Waals surface area contributed by atoms with Crippen molar-refractivity contribution in [3.05, 3.63) is 36.7 Å². The van der Waals surface area contributed by atoms with Crippen molar-refractivity contribution in [1.82, 2.24) is 25.2 Å². The third-order valence-electron chi connectivity index (χ3n) is 4.93. The number of hydrogen-bond acceptors (Lipinski definition) is 6. The van der Waals surface area contributed by atoms with Gasteiger partial charge in [-0.2, -0.15) is 5.10 Å². The van der Waals surface area contributed by atoms with Gasteiger partial charge in [-0.3, -0.25) is 20.1 Å². The van der Waals surface area contributed by atoms with Crippen molar-refractivity contribution >= 4 is 40.8 Å². The number of rotatable bonds is 5. The van der Waals surface area contributed by atoms with Gasteiger partial charge in [0, 0.05) is 44.8 Å². The summed E-state index contributed by atoms with van der Waals surface area (Å²) in [6, 6.07) is 7.40. The van der Waals surface area contributed by atoms with Crippen molar-refractivity contribution in [2.45, 2.75) is 6.92 Å². The van der Waals surface area contributed by atoms with E-state index >= 15 is 0 Å². The number of H-pyrrole nitrogens is 1. The van der Waals surface area contributed by atoms with Crippen molar-refractivity contribution in [3.63, 3.8) is 0 Å². The number of aromatic nitrogens is 3. The van der Waals surface area contributed by atoms with Crippen LogP contribution in [0.15, 0.2) is 41.8 Å². The van der Waals surface area contributed by atoms with Crippen molar-refractivity contribution in [2.75, 3.05) is 37.5 Å². The number of anilines is 2. The predicted molar refractivity (Wildman–Crippen MR) is 120 cm³/mol. The zero-order chi connectivity index (χ0) is 22.0. The summed E-state index contributed by atoms with van der Waals surface area (Å²) in [7, 11) is 3.46. The lowest BCUT2D eigenvalue weighted by Crippen LogP contribution is -2.33. The predicted octanol–water partition coefficient (Wildman–Crippen LogP) is 2.28. The molecule has 4 rings (SSSR count). The molecule has 0 saturated carbocycles. The highest BCUT2D eigenvalue weighted by molar-refractivity contribution is 6.00. The largest absolute Gasteiger partial charge is 0.348 e. The molecular formula is C21H24N8O2. The monoisotopic (exact) mass is 420 g/mol. The van der Waals surface area contributed by atoms with Gasteiger partial charge in [-0.05, 0) is 30.7 Å². The fourth-order valence-corrected chi connectivity index (χ4v) is 3.45. The maximum atomic E-state index is 12.4. The lowest BCUT2D eigenvalue weighted by molar-refractivity contribution is -0.130. The van der Waals surface area contributed by atoms with Gasteiger partial charge in [0.25, 0.3) is 0 Å². The van der Waals surface area contributed by atoms with Gasteiger partial charge in [0.2, 0.25) is 11.9 Å². The molecule has 3 amide bonds. The first-order chi connectivity index (χ1) is 15.0. The minimum atomic E-state index is -0.341. The van der Waals surface area contributed by atoms with Gasteiger partial charge < -0.3 is 15.2 Å². The second-order valence-corrected chi connectivity index (χ2v) is 7.39. The Labute approximate surface area is 179 Å². The highest BCUT2D eigenvalue weighted by Crippen LogP contribution is 2.34. The summed E-state index contributed by atoms with van der Waals surface area (Å²) < 4.78 is 0. The Kier molecular flexibility index (Phi) is 5.52. The summed E-state index contributed by atoms with van der Waals surface area (Å²) in [5.74, 6) is -0.00770. The van der Waals surface area contributed by atoms with Crippen LogP contribution in [0.5, 0.6) is 0 Å². The second kappa shape index (κ2) is 8.42. The summed E-state index contributed by atoms with van der Waals surface area (Å²) in [5.41, 5.74) is 3.98. The SMILES string of the molecule is CCNC(=O)Nc1nc2cc(-c3cccnc3)cc(N3CC(C(=O)N(C)C)C=N3)c2[nH]1. The van der Waals surface area contributed by atoms with E-state index in [1.54, 1.807) is 42.6 Å². The molecular weight excluding hydrogens is 396 g/mol. The molecule has 0 aliphatic carbocycles. The molecule has 0 bridgehead atoms. The second-order valence-electron chi connectivity index (χ2n) is 7.39. The van der Waals surface area contributed by atoms with E-state index in [0.29, 0.717) is 24.6 Å². The number of imidazole rings is 1. The van der Waals surface area contributed by atoms with Crippen LogP contribution >= 0.6 is 0 Å². The molecule has 2 aromatic heterocycles. The molecule has 0 fully saturated rings. The van der Waals surface area contributed by atoms with Crippen LogP contribution in [0.2, 0.25) is 0 Å². The first kappa shape index (κ1) is 20.3. The Morgan fingerprint density at radius 2 is 2.13 bits per heavy atom. The maximum absolute atomic E-state index is 12.4. The summed E-state index contributed by atoms with van der Waals surface area (Å²) in [6.45, 7) is 2.76. The molecule has 1 unspecified atom stereocenters. The van der Waals surface area contributed by atoms with Crippen LogP contribution in [0.25, 0.3) is 22.2 Å². The van der Waals surface area contributed by atoms with Gasteiger partial charge in [-0.1, -0.05) is 6.07 Å². The molecule has 31 heavy (non-hydrogen) atoms. The van der Waals surface area contributed by atoms with E-state index < -0.39 is 0 Å². The van der Waals surface area contributed by atoms with E-state index in [2.05, 4.69) is 30.7 Å². The third kappa shape index (κ3) is 4.18. The third-order valence-corrected chi connectivity index (χ3v) is 4.93. The molecule has 0 radical (unpaired) electrons. The van der Waals surface area contributed by atoms with Crippen molar-refractivity contribution in [2.24, 2.45) is 11.0 Å². The maximum Gasteiger partial charge on any atom is 0.321 e. The highest BCUT2D eigenvalue weighted by Gasteiger charge is 2.28. The molecule has 0 spiro atoms. The molecule has 3 N–H and O–H groups in total. The van der Waals surface area contributed by atoms with Crippen LogP contribution in [0.4, 0.5) is 16.4 Å². The Balaban J connectivity index is 1.75. The smallest absolute Gasteiger partial charge is 0.321 e. The lowest BCUT2D eigenvalue weighted by Gasteiger charge is -2.19. The van der Waals surface area contributed by atoms with E-state index in [1.165, 1.54) is 0 Å². The summed E-state index contributed by atoms with van der Waals surface area (Å²) in [6.07, 6.45) is 5.15. The molecule has 10 heteroatoms. The number of benzene rings is 1. The van der Waals surface area contributed by atoms with Crippen molar-refractivity contribution in [3.8, 4) is 11.1 Å². The number of carbonyl (C=O) groups excluding carboxylic acids is 2. The number of urea groups is 1. The fraction of sp³-hybridized carbons (Fsp3) is 0.286. The van der Waals surface area contributed by atoms with Gasteiger partial charge >= 0.3 is 6.03 Å². The molecule has 1 aromatic carbocycles. The van der Waals surface area contributed by atoms with Gasteiger partial charge in [0.1, 0.15) is 0 Å². The number of pyridine rings is 1. The van der Waals surface area contributed by atoms with Crippen molar-refractivity contribution < 1.29 is 9.59 Å². The van der Waals surface area contributed by atoms with Crippen LogP contribution in [0.1, 0.15) is 6.92 Å². The Hall–Kier alpha value is -3.95. The Bertz CT molecular complexity index is 1140. The van der Waals surface area contributed by atoms with Crippen LogP contribution in [-0.2, 0) is 4.79 Å². The number of fused-ring (bicyclic) bond motifs is 1. The van der Waals surface area contributed by atoms with E-state index in [0.717, 1.165) is 22.3 Å².